The summed E-state index contributed by atoms with van der Waals surface area (Å²) in [4.78, 5) is 8.09. The molecule has 1 rings (SSSR count). The monoisotopic (exact) mass is 212 g/mol. The van der Waals surface area contributed by atoms with Crippen molar-refractivity contribution in [1.29, 1.82) is 0 Å². The molecule has 1 heterocycles. The van der Waals surface area contributed by atoms with Crippen LogP contribution in [0.2, 0.25) is 0 Å². The summed E-state index contributed by atoms with van der Waals surface area (Å²) in [5.74, 6) is 2.33. The third-order valence-electron chi connectivity index (χ3n) is 1.74. The number of nitrogens with zero attached hydrogens (tertiary/aromatic N) is 2. The molecule has 0 atom stereocenters. The number of nitrogen functional groups attached to an aromatic ring is 1. The lowest BCUT2D eigenvalue weighted by atomic mass is 10.3. The zero-order valence-corrected chi connectivity index (χ0v) is 9.18. The van der Waals surface area contributed by atoms with Crippen molar-refractivity contribution >= 4 is 23.5 Å². The zero-order valence-electron chi connectivity index (χ0n) is 8.36. The second-order valence-electron chi connectivity index (χ2n) is 2.93. The van der Waals surface area contributed by atoms with Crippen LogP contribution in [0.15, 0.2) is 12.3 Å². The molecule has 0 saturated heterocycles. The second-order valence-corrected chi connectivity index (χ2v) is 3.92. The molecule has 0 aliphatic heterocycles. The van der Waals surface area contributed by atoms with Crippen molar-refractivity contribution in [3.05, 3.63) is 12.3 Å². The molecule has 0 spiro atoms. The number of thioether (sulfide) groups is 1. The van der Waals surface area contributed by atoms with Crippen molar-refractivity contribution in [3.8, 4) is 0 Å². The number of anilines is 2. The minimum atomic E-state index is 0.506. The molecule has 0 aliphatic carbocycles. The van der Waals surface area contributed by atoms with E-state index in [0.717, 1.165) is 13.0 Å². The summed E-state index contributed by atoms with van der Waals surface area (Å²) in [5, 5.41) is 3.13. The van der Waals surface area contributed by atoms with Gasteiger partial charge in [-0.25, -0.2) is 4.98 Å². The van der Waals surface area contributed by atoms with Crippen molar-refractivity contribution in [2.45, 2.75) is 12.8 Å². The molecule has 1 aromatic heterocycles. The van der Waals surface area contributed by atoms with E-state index in [1.54, 1.807) is 12.3 Å². The van der Waals surface area contributed by atoms with Crippen molar-refractivity contribution in [2.24, 2.45) is 0 Å². The second kappa shape index (κ2) is 6.48. The number of unbranched alkanes of at least 4 members (excludes halogenated alkanes) is 1. The molecule has 0 fully saturated rings. The van der Waals surface area contributed by atoms with Crippen LogP contribution in [0.1, 0.15) is 12.8 Å². The summed E-state index contributed by atoms with van der Waals surface area (Å²) in [5.41, 5.74) is 5.52. The van der Waals surface area contributed by atoms with E-state index >= 15 is 0 Å². The molecular weight excluding hydrogens is 196 g/mol. The number of hydrogen-bond donors (Lipinski definition) is 2. The Morgan fingerprint density at radius 3 is 3.07 bits per heavy atom. The smallest absolute Gasteiger partial charge is 0.224 e. The Balaban J connectivity index is 2.18. The van der Waals surface area contributed by atoms with Crippen LogP contribution in [0.25, 0.3) is 0 Å². The van der Waals surface area contributed by atoms with Gasteiger partial charge in [-0.05, 0) is 30.9 Å². The predicted molar refractivity (Wildman–Crippen MR) is 62.6 cm³/mol. The molecule has 0 aliphatic rings. The lowest BCUT2D eigenvalue weighted by Gasteiger charge is -2.03. The van der Waals surface area contributed by atoms with E-state index in [4.69, 9.17) is 5.73 Å². The van der Waals surface area contributed by atoms with Gasteiger partial charge in [0.25, 0.3) is 0 Å². The summed E-state index contributed by atoms with van der Waals surface area (Å²) >= 11 is 1.87. The van der Waals surface area contributed by atoms with Crippen LogP contribution in [0.3, 0.4) is 0 Å². The Bertz CT molecular complexity index is 267. The first kappa shape index (κ1) is 11.1. The highest BCUT2D eigenvalue weighted by atomic mass is 32.2. The van der Waals surface area contributed by atoms with Gasteiger partial charge in [0.05, 0.1) is 0 Å². The first-order valence-electron chi connectivity index (χ1n) is 4.64. The molecule has 0 saturated carbocycles. The average Bonchev–Trinajstić information content (AvgIpc) is 2.18. The average molecular weight is 212 g/mol. The van der Waals surface area contributed by atoms with Gasteiger partial charge in [-0.1, -0.05) is 0 Å². The maximum Gasteiger partial charge on any atom is 0.224 e. The van der Waals surface area contributed by atoms with E-state index in [-0.39, 0.29) is 0 Å². The van der Waals surface area contributed by atoms with E-state index in [1.807, 2.05) is 11.8 Å². The van der Waals surface area contributed by atoms with Gasteiger partial charge in [-0.2, -0.15) is 16.7 Å². The zero-order chi connectivity index (χ0) is 10.2. The van der Waals surface area contributed by atoms with Crippen molar-refractivity contribution in [1.82, 2.24) is 9.97 Å². The van der Waals surface area contributed by atoms with E-state index in [0.29, 0.717) is 11.8 Å². The summed E-state index contributed by atoms with van der Waals surface area (Å²) in [6.45, 7) is 0.907. The quantitative estimate of drug-likeness (QED) is 0.701. The van der Waals surface area contributed by atoms with Crippen LogP contribution < -0.4 is 11.1 Å². The summed E-state index contributed by atoms with van der Waals surface area (Å²) in [7, 11) is 0. The molecule has 1 aromatic rings. The molecule has 0 bridgehead atoms. The maximum absolute atomic E-state index is 5.52. The maximum atomic E-state index is 5.52. The lowest BCUT2D eigenvalue weighted by molar-refractivity contribution is 0.835. The molecule has 78 valence electrons. The van der Waals surface area contributed by atoms with Crippen molar-refractivity contribution in [2.75, 3.05) is 29.6 Å². The molecular formula is C9H16N4S. The van der Waals surface area contributed by atoms with Crippen LogP contribution in [0.5, 0.6) is 0 Å². The summed E-state index contributed by atoms with van der Waals surface area (Å²) in [6.07, 6.45) is 6.14. The van der Waals surface area contributed by atoms with Crippen LogP contribution in [0.4, 0.5) is 11.8 Å². The number of nitrogens with two attached hydrogens (primary N) is 1. The SMILES string of the molecule is CSCCCCNc1nccc(N)n1. The minimum Gasteiger partial charge on any atom is -0.384 e. The number of hydrogen-bond acceptors (Lipinski definition) is 5. The van der Waals surface area contributed by atoms with Gasteiger partial charge in [-0.3, -0.25) is 0 Å². The molecule has 0 aromatic carbocycles. The minimum absolute atomic E-state index is 0.506. The first-order chi connectivity index (χ1) is 6.83. The molecule has 5 heteroatoms. The standard InChI is InChI=1S/C9H16N4S/c1-14-7-3-2-5-11-9-12-6-4-8(10)13-9/h4,6H,2-3,5,7H2,1H3,(H3,10,11,12,13). The van der Waals surface area contributed by atoms with E-state index in [2.05, 4.69) is 21.5 Å². The van der Waals surface area contributed by atoms with Crippen molar-refractivity contribution in [3.63, 3.8) is 0 Å². The molecule has 0 unspecified atom stereocenters. The Morgan fingerprint density at radius 1 is 1.50 bits per heavy atom. The highest BCUT2D eigenvalue weighted by molar-refractivity contribution is 7.98. The largest absolute Gasteiger partial charge is 0.384 e. The molecule has 4 nitrogen and oxygen atoms in total. The van der Waals surface area contributed by atoms with Crippen LogP contribution in [-0.2, 0) is 0 Å². The van der Waals surface area contributed by atoms with Crippen LogP contribution in [0, 0.1) is 0 Å². The van der Waals surface area contributed by atoms with Gasteiger partial charge in [0, 0.05) is 12.7 Å². The van der Waals surface area contributed by atoms with Gasteiger partial charge < -0.3 is 11.1 Å². The highest BCUT2D eigenvalue weighted by Crippen LogP contribution is 2.03. The summed E-state index contributed by atoms with van der Waals surface area (Å²) in [6, 6.07) is 1.68. The topological polar surface area (TPSA) is 63.8 Å². The Labute approximate surface area is 88.7 Å². The summed E-state index contributed by atoms with van der Waals surface area (Å²) < 4.78 is 0. The molecule has 0 radical (unpaired) electrons. The fourth-order valence-corrected chi connectivity index (χ4v) is 1.52. The van der Waals surface area contributed by atoms with Gasteiger partial charge in [0.1, 0.15) is 5.82 Å². The van der Waals surface area contributed by atoms with E-state index < -0.39 is 0 Å². The van der Waals surface area contributed by atoms with Gasteiger partial charge in [0.2, 0.25) is 5.95 Å². The van der Waals surface area contributed by atoms with Gasteiger partial charge in [0.15, 0.2) is 0 Å². The lowest BCUT2D eigenvalue weighted by Crippen LogP contribution is -2.06. The third kappa shape index (κ3) is 4.32. The third-order valence-corrected chi connectivity index (χ3v) is 2.43. The Kier molecular flexibility index (Phi) is 5.14. The van der Waals surface area contributed by atoms with Gasteiger partial charge in [-0.15, -0.1) is 0 Å². The molecule has 3 N–H and O–H groups in total. The predicted octanol–water partition coefficient (Wildman–Crippen LogP) is 1.61. The molecule has 0 amide bonds. The van der Waals surface area contributed by atoms with E-state index in [1.165, 1.54) is 12.2 Å². The first-order valence-corrected chi connectivity index (χ1v) is 6.03. The highest BCUT2D eigenvalue weighted by Gasteiger charge is 1.94. The fraction of sp³-hybridized carbons (Fsp3) is 0.556. The van der Waals surface area contributed by atoms with E-state index in [9.17, 15) is 0 Å². The fourth-order valence-electron chi connectivity index (χ4n) is 1.03. The Hall–Kier alpha value is -0.970. The Morgan fingerprint density at radius 2 is 2.36 bits per heavy atom. The number of nitrogens with one attached hydrogen (secondary N) is 1. The van der Waals surface area contributed by atoms with Crippen LogP contribution in [-0.4, -0.2) is 28.5 Å². The number of aromatic nitrogens is 2. The van der Waals surface area contributed by atoms with Gasteiger partial charge >= 0.3 is 0 Å². The normalized spacial score (nSPS) is 10.1. The van der Waals surface area contributed by atoms with Crippen molar-refractivity contribution < 1.29 is 0 Å². The molecule has 14 heavy (non-hydrogen) atoms. The number of rotatable bonds is 6. The van der Waals surface area contributed by atoms with Crippen LogP contribution >= 0.6 is 11.8 Å².